The molecule has 0 saturated carbocycles. The average Bonchev–Trinajstić information content (AvgIpc) is 3.39. The number of carbonyl (C=O) groups is 1. The predicted molar refractivity (Wildman–Crippen MR) is 126 cm³/mol. The van der Waals surface area contributed by atoms with Gasteiger partial charge >= 0.3 is 0 Å². The van der Waals surface area contributed by atoms with Crippen molar-refractivity contribution in [3.63, 3.8) is 0 Å². The maximum absolute atomic E-state index is 13.4. The van der Waals surface area contributed by atoms with Crippen molar-refractivity contribution in [2.75, 3.05) is 0 Å². The molecule has 2 aromatic heterocycles. The van der Waals surface area contributed by atoms with E-state index in [0.29, 0.717) is 22.0 Å². The topological polar surface area (TPSA) is 60.9 Å². The van der Waals surface area contributed by atoms with E-state index in [1.165, 1.54) is 0 Å². The second-order valence-corrected chi connectivity index (χ2v) is 8.38. The van der Waals surface area contributed by atoms with E-state index < -0.39 is 5.78 Å². The Morgan fingerprint density at radius 1 is 0.875 bits per heavy atom. The van der Waals surface area contributed by atoms with E-state index >= 15 is 0 Å². The number of fused-ring (bicyclic) bond motifs is 1. The van der Waals surface area contributed by atoms with E-state index in [1.54, 1.807) is 12.1 Å². The molecule has 0 bridgehead atoms. The van der Waals surface area contributed by atoms with Crippen LogP contribution in [-0.2, 0) is 6.54 Å². The van der Waals surface area contributed by atoms with Gasteiger partial charge in [-0.05, 0) is 48.0 Å². The number of carbonyl (C=O) groups excluding carboxylic acids is 1. The van der Waals surface area contributed by atoms with Gasteiger partial charge in [0.1, 0.15) is 5.15 Å². The molecule has 0 N–H and O–H groups in total. The quantitative estimate of drug-likeness (QED) is 0.255. The van der Waals surface area contributed by atoms with Crippen molar-refractivity contribution < 1.29 is 9.21 Å². The molecule has 5 nitrogen and oxygen atoms in total. The van der Waals surface area contributed by atoms with Crippen molar-refractivity contribution in [2.24, 2.45) is 0 Å². The first kappa shape index (κ1) is 20.8. The molecule has 0 amide bonds. The summed E-state index contributed by atoms with van der Waals surface area (Å²) in [5.74, 6) is -0.351. The first-order valence-electron chi connectivity index (χ1n) is 9.66. The van der Waals surface area contributed by atoms with Crippen molar-refractivity contribution >= 4 is 51.5 Å². The van der Waals surface area contributed by atoms with Gasteiger partial charge in [0.05, 0.1) is 11.1 Å². The van der Waals surface area contributed by atoms with Crippen LogP contribution in [0.4, 0.5) is 0 Å². The highest BCUT2D eigenvalue weighted by molar-refractivity contribution is 6.37. The van der Waals surface area contributed by atoms with Crippen LogP contribution in [0.1, 0.15) is 21.8 Å². The lowest BCUT2D eigenvalue weighted by atomic mass is 10.1. The lowest BCUT2D eigenvalue weighted by Crippen LogP contribution is -2.04. The molecule has 158 valence electrons. The summed E-state index contributed by atoms with van der Waals surface area (Å²) in [5.41, 5.74) is 2.73. The van der Waals surface area contributed by atoms with Gasteiger partial charge in [-0.2, -0.15) is 0 Å². The van der Waals surface area contributed by atoms with E-state index in [0.717, 1.165) is 16.6 Å². The highest BCUT2D eigenvalue weighted by Gasteiger charge is 2.27. The fraction of sp³-hybridized carbons (Fsp3) is 0.0417. The fourth-order valence-electron chi connectivity index (χ4n) is 3.56. The number of rotatable bonds is 5. The molecule has 32 heavy (non-hydrogen) atoms. The predicted octanol–water partition coefficient (Wildman–Crippen LogP) is 6.93. The van der Waals surface area contributed by atoms with Gasteiger partial charge in [0.25, 0.3) is 11.7 Å². The fourth-order valence-corrected chi connectivity index (χ4v) is 4.19. The minimum atomic E-state index is -0.466. The molecule has 5 rings (SSSR count). The largest absolute Gasteiger partial charge is 0.413 e. The Morgan fingerprint density at radius 2 is 1.59 bits per heavy atom. The summed E-state index contributed by atoms with van der Waals surface area (Å²) in [6.07, 6.45) is 0. The van der Waals surface area contributed by atoms with Gasteiger partial charge in [-0.25, -0.2) is 0 Å². The molecule has 2 heterocycles. The molecule has 0 aliphatic heterocycles. The molecule has 3 aromatic carbocycles. The summed E-state index contributed by atoms with van der Waals surface area (Å²) in [4.78, 5) is 13.4. The zero-order valence-corrected chi connectivity index (χ0v) is 18.7. The summed E-state index contributed by atoms with van der Waals surface area (Å²) >= 11 is 19.0. The second-order valence-electron chi connectivity index (χ2n) is 7.15. The highest BCUT2D eigenvalue weighted by Crippen LogP contribution is 2.34. The molecular weight excluding hydrogens is 469 g/mol. The summed E-state index contributed by atoms with van der Waals surface area (Å²) in [7, 11) is 0. The summed E-state index contributed by atoms with van der Waals surface area (Å²) < 4.78 is 7.52. The molecule has 0 aliphatic carbocycles. The van der Waals surface area contributed by atoms with Crippen molar-refractivity contribution in [3.05, 3.63) is 105 Å². The van der Waals surface area contributed by atoms with Crippen LogP contribution in [0.5, 0.6) is 0 Å². The number of nitrogens with zero attached hydrogens (tertiary/aromatic N) is 3. The Hall–Kier alpha value is -3.12. The maximum Gasteiger partial charge on any atom is 0.289 e. The monoisotopic (exact) mass is 481 g/mol. The van der Waals surface area contributed by atoms with Crippen LogP contribution in [-0.4, -0.2) is 20.5 Å². The maximum atomic E-state index is 13.4. The minimum absolute atomic E-state index is 0.142. The van der Waals surface area contributed by atoms with Gasteiger partial charge in [0.15, 0.2) is 0 Å². The lowest BCUT2D eigenvalue weighted by molar-refractivity contribution is 0.100. The second kappa shape index (κ2) is 8.43. The van der Waals surface area contributed by atoms with Gasteiger partial charge in [0.2, 0.25) is 5.89 Å². The Bertz CT molecular complexity index is 1440. The average molecular weight is 483 g/mol. The first-order valence-corrected chi connectivity index (χ1v) is 10.8. The van der Waals surface area contributed by atoms with Crippen LogP contribution in [0, 0.1) is 0 Å². The summed E-state index contributed by atoms with van der Waals surface area (Å²) in [6, 6.07) is 22.0. The molecule has 8 heteroatoms. The number of halogens is 3. The number of hydrogen-bond acceptors (Lipinski definition) is 4. The van der Waals surface area contributed by atoms with E-state index in [-0.39, 0.29) is 22.5 Å². The van der Waals surface area contributed by atoms with Crippen LogP contribution in [0.15, 0.2) is 77.2 Å². The van der Waals surface area contributed by atoms with Crippen molar-refractivity contribution in [2.45, 2.75) is 6.54 Å². The highest BCUT2D eigenvalue weighted by atomic mass is 35.5. The van der Waals surface area contributed by atoms with Crippen LogP contribution in [0.2, 0.25) is 15.2 Å². The van der Waals surface area contributed by atoms with Crippen LogP contribution < -0.4 is 0 Å². The van der Waals surface area contributed by atoms with Gasteiger partial charge in [-0.3, -0.25) is 4.79 Å². The van der Waals surface area contributed by atoms with Gasteiger partial charge in [0, 0.05) is 27.5 Å². The minimum Gasteiger partial charge on any atom is -0.413 e. The smallest absolute Gasteiger partial charge is 0.289 e. The van der Waals surface area contributed by atoms with E-state index in [2.05, 4.69) is 10.2 Å². The third-order valence-electron chi connectivity index (χ3n) is 5.08. The number of hydrogen-bond donors (Lipinski definition) is 0. The third kappa shape index (κ3) is 3.79. The molecule has 0 saturated heterocycles. The Kier molecular flexibility index (Phi) is 5.47. The van der Waals surface area contributed by atoms with Crippen LogP contribution in [0.25, 0.3) is 22.4 Å². The zero-order chi connectivity index (χ0) is 22.2. The number of ketones is 1. The molecule has 0 aliphatic rings. The first-order chi connectivity index (χ1) is 15.5. The van der Waals surface area contributed by atoms with E-state index in [1.807, 2.05) is 65.2 Å². The van der Waals surface area contributed by atoms with Crippen LogP contribution >= 0.6 is 34.8 Å². The summed E-state index contributed by atoms with van der Waals surface area (Å²) in [5, 5.41) is 9.99. The molecule has 0 radical (unpaired) electrons. The van der Waals surface area contributed by atoms with Gasteiger partial charge in [-0.15, -0.1) is 10.2 Å². The standard InChI is InChI=1S/C24H14Cl3N3O2/c25-16-8-6-14(7-9-16)13-30-19-11-10-17(26)12-18(19)20(22(30)27)21(31)24-29-28-23(32-24)15-4-2-1-3-5-15/h1-12H,13H2. The normalized spacial score (nSPS) is 11.2. The SMILES string of the molecule is O=C(c1nnc(-c2ccccc2)o1)c1c(Cl)n(Cc2ccc(Cl)cc2)c2ccc(Cl)cc12. The van der Waals surface area contributed by atoms with Crippen molar-refractivity contribution in [1.82, 2.24) is 14.8 Å². The number of aromatic nitrogens is 3. The van der Waals surface area contributed by atoms with E-state index in [4.69, 9.17) is 39.2 Å². The van der Waals surface area contributed by atoms with Gasteiger partial charge in [-0.1, -0.05) is 65.1 Å². The number of benzene rings is 3. The van der Waals surface area contributed by atoms with Crippen LogP contribution in [0.3, 0.4) is 0 Å². The molecule has 5 aromatic rings. The Balaban J connectivity index is 1.60. The lowest BCUT2D eigenvalue weighted by Gasteiger charge is -2.08. The summed E-state index contributed by atoms with van der Waals surface area (Å²) in [6.45, 7) is 0.445. The molecule has 0 unspecified atom stereocenters. The Morgan fingerprint density at radius 3 is 2.34 bits per heavy atom. The Labute approximate surface area is 198 Å². The molecule has 0 atom stereocenters. The molecule has 0 fully saturated rings. The molecular formula is C24H14Cl3N3O2. The van der Waals surface area contributed by atoms with Crippen molar-refractivity contribution in [3.8, 4) is 11.5 Å². The van der Waals surface area contributed by atoms with Gasteiger partial charge < -0.3 is 8.98 Å². The molecule has 0 spiro atoms. The zero-order valence-electron chi connectivity index (χ0n) is 16.4. The van der Waals surface area contributed by atoms with Crippen molar-refractivity contribution in [1.29, 1.82) is 0 Å². The third-order valence-corrected chi connectivity index (χ3v) is 5.96. The van der Waals surface area contributed by atoms with E-state index in [9.17, 15) is 4.79 Å².